The number of carbonyl (C=O) groups excluding carboxylic acids is 1. The number of amides is 1. The van der Waals surface area contributed by atoms with Gasteiger partial charge in [-0.25, -0.2) is 0 Å². The topological polar surface area (TPSA) is 75.4 Å². The Kier molecular flexibility index (Phi) is 3.83. The number of aromatic hydroxyl groups is 1. The van der Waals surface area contributed by atoms with E-state index >= 15 is 0 Å². The summed E-state index contributed by atoms with van der Waals surface area (Å²) in [5.41, 5.74) is 6.90. The van der Waals surface area contributed by atoms with Gasteiger partial charge in [-0.1, -0.05) is 29.3 Å². The quantitative estimate of drug-likeness (QED) is 0.586. The Morgan fingerprint density at radius 1 is 1.16 bits per heavy atom. The van der Waals surface area contributed by atoms with Gasteiger partial charge in [-0.3, -0.25) is 4.79 Å². The van der Waals surface area contributed by atoms with Gasteiger partial charge in [-0.2, -0.15) is 0 Å². The maximum Gasteiger partial charge on any atom is 0.255 e. The van der Waals surface area contributed by atoms with Crippen LogP contribution in [-0.4, -0.2) is 11.0 Å². The number of nitrogens with one attached hydrogen (secondary N) is 1. The molecule has 0 heterocycles. The summed E-state index contributed by atoms with van der Waals surface area (Å²) in [4.78, 5) is 12.0. The number of carbonyl (C=O) groups is 1. The molecule has 2 rings (SSSR count). The zero-order chi connectivity index (χ0) is 14.0. The standard InChI is InChI=1S/C13H10Cl2N2O2/c14-10-5-9(6-11(15)12(10)18)17-13(19)7-2-1-3-8(16)4-7/h1-6,18H,16H2,(H,17,19). The molecular weight excluding hydrogens is 287 g/mol. The van der Waals surface area contributed by atoms with Gasteiger partial charge < -0.3 is 16.2 Å². The number of halogens is 2. The Morgan fingerprint density at radius 3 is 2.37 bits per heavy atom. The molecular formula is C13H10Cl2N2O2. The van der Waals surface area contributed by atoms with Crippen molar-refractivity contribution in [2.45, 2.75) is 0 Å². The Hall–Kier alpha value is -1.91. The van der Waals surface area contributed by atoms with E-state index in [9.17, 15) is 9.90 Å². The smallest absolute Gasteiger partial charge is 0.255 e. The zero-order valence-electron chi connectivity index (χ0n) is 9.65. The Bertz CT molecular complexity index is 621. The summed E-state index contributed by atoms with van der Waals surface area (Å²) in [5.74, 6) is -0.560. The molecule has 0 saturated carbocycles. The molecule has 0 unspecified atom stereocenters. The van der Waals surface area contributed by atoms with E-state index in [1.807, 2.05) is 0 Å². The van der Waals surface area contributed by atoms with Crippen molar-refractivity contribution in [1.82, 2.24) is 0 Å². The van der Waals surface area contributed by atoms with Crippen LogP contribution in [0.5, 0.6) is 5.75 Å². The second-order valence-electron chi connectivity index (χ2n) is 3.87. The monoisotopic (exact) mass is 296 g/mol. The zero-order valence-corrected chi connectivity index (χ0v) is 11.2. The minimum Gasteiger partial charge on any atom is -0.505 e. The first-order valence-corrected chi connectivity index (χ1v) is 6.08. The highest BCUT2D eigenvalue weighted by atomic mass is 35.5. The Balaban J connectivity index is 2.24. The van der Waals surface area contributed by atoms with Gasteiger partial charge in [0.05, 0.1) is 10.0 Å². The third-order valence-electron chi connectivity index (χ3n) is 2.42. The van der Waals surface area contributed by atoms with Gasteiger partial charge in [0.15, 0.2) is 5.75 Å². The number of benzene rings is 2. The third kappa shape index (κ3) is 3.10. The van der Waals surface area contributed by atoms with Crippen molar-refractivity contribution in [2.24, 2.45) is 0 Å². The molecule has 2 aromatic carbocycles. The molecule has 2 aromatic rings. The maximum atomic E-state index is 12.0. The predicted octanol–water partition coefficient (Wildman–Crippen LogP) is 3.53. The lowest BCUT2D eigenvalue weighted by Crippen LogP contribution is -2.12. The van der Waals surface area contributed by atoms with E-state index in [2.05, 4.69) is 5.32 Å². The van der Waals surface area contributed by atoms with Crippen molar-refractivity contribution in [2.75, 3.05) is 11.1 Å². The van der Waals surface area contributed by atoms with Crippen molar-refractivity contribution < 1.29 is 9.90 Å². The first-order valence-electron chi connectivity index (χ1n) is 5.32. The average molecular weight is 297 g/mol. The van der Waals surface area contributed by atoms with E-state index < -0.39 is 0 Å². The largest absolute Gasteiger partial charge is 0.505 e. The second kappa shape index (κ2) is 5.38. The van der Waals surface area contributed by atoms with Gasteiger partial charge >= 0.3 is 0 Å². The molecule has 0 aliphatic rings. The molecule has 0 aliphatic carbocycles. The molecule has 1 amide bonds. The SMILES string of the molecule is Nc1cccc(C(=O)Nc2cc(Cl)c(O)c(Cl)c2)c1. The molecule has 6 heteroatoms. The van der Waals surface area contributed by atoms with E-state index in [1.165, 1.54) is 12.1 Å². The van der Waals surface area contributed by atoms with E-state index in [-0.39, 0.29) is 21.7 Å². The normalized spacial score (nSPS) is 10.2. The Morgan fingerprint density at radius 2 is 1.79 bits per heavy atom. The molecule has 4 N–H and O–H groups in total. The fraction of sp³-hybridized carbons (Fsp3) is 0. The van der Waals surface area contributed by atoms with E-state index in [0.717, 1.165) is 0 Å². The van der Waals surface area contributed by atoms with Crippen LogP contribution in [0, 0.1) is 0 Å². The molecule has 0 aromatic heterocycles. The second-order valence-corrected chi connectivity index (χ2v) is 4.68. The first-order chi connectivity index (χ1) is 8.97. The highest BCUT2D eigenvalue weighted by Crippen LogP contribution is 2.34. The first kappa shape index (κ1) is 13.5. The number of phenolic OH excluding ortho intramolecular Hbond substituents is 1. The lowest BCUT2D eigenvalue weighted by Gasteiger charge is -2.08. The summed E-state index contributed by atoms with van der Waals surface area (Å²) in [7, 11) is 0. The molecule has 0 radical (unpaired) electrons. The number of anilines is 2. The van der Waals surface area contributed by atoms with Crippen LogP contribution in [-0.2, 0) is 0 Å². The molecule has 0 atom stereocenters. The third-order valence-corrected chi connectivity index (χ3v) is 3.00. The summed E-state index contributed by atoms with van der Waals surface area (Å²) < 4.78 is 0. The molecule has 0 aliphatic heterocycles. The minimum atomic E-state index is -0.342. The van der Waals surface area contributed by atoms with Gasteiger partial charge in [-0.05, 0) is 30.3 Å². The molecule has 19 heavy (non-hydrogen) atoms. The summed E-state index contributed by atoms with van der Waals surface area (Å²) in [6.45, 7) is 0. The van der Waals surface area contributed by atoms with E-state index in [1.54, 1.807) is 24.3 Å². The number of rotatable bonds is 2. The maximum absolute atomic E-state index is 12.0. The van der Waals surface area contributed by atoms with Crippen molar-refractivity contribution in [3.63, 3.8) is 0 Å². The fourth-order valence-corrected chi connectivity index (χ4v) is 2.01. The van der Waals surface area contributed by atoms with Crippen LogP contribution < -0.4 is 11.1 Å². The van der Waals surface area contributed by atoms with Crippen molar-refractivity contribution in [3.05, 3.63) is 52.0 Å². The van der Waals surface area contributed by atoms with Crippen LogP contribution in [0.25, 0.3) is 0 Å². The molecule has 0 saturated heterocycles. The van der Waals surface area contributed by atoms with Gasteiger partial charge in [0.25, 0.3) is 5.91 Å². The van der Waals surface area contributed by atoms with Crippen LogP contribution in [0.15, 0.2) is 36.4 Å². The molecule has 0 fully saturated rings. The van der Waals surface area contributed by atoms with E-state index in [0.29, 0.717) is 16.9 Å². The summed E-state index contributed by atoms with van der Waals surface area (Å²) in [5, 5.41) is 12.2. The lowest BCUT2D eigenvalue weighted by molar-refractivity contribution is 0.102. The molecule has 98 valence electrons. The van der Waals surface area contributed by atoms with Gasteiger partial charge in [-0.15, -0.1) is 0 Å². The van der Waals surface area contributed by atoms with Crippen molar-refractivity contribution in [1.29, 1.82) is 0 Å². The van der Waals surface area contributed by atoms with Gasteiger partial charge in [0.2, 0.25) is 0 Å². The predicted molar refractivity (Wildman–Crippen MR) is 76.9 cm³/mol. The average Bonchev–Trinajstić information content (AvgIpc) is 2.36. The number of nitrogens with two attached hydrogens (primary N) is 1. The fourth-order valence-electron chi connectivity index (χ4n) is 1.52. The number of hydrogen-bond donors (Lipinski definition) is 3. The molecule has 4 nitrogen and oxygen atoms in total. The summed E-state index contributed by atoms with van der Waals surface area (Å²) in [6, 6.07) is 9.38. The van der Waals surface area contributed by atoms with Gasteiger partial charge in [0, 0.05) is 16.9 Å². The van der Waals surface area contributed by atoms with Crippen molar-refractivity contribution in [3.8, 4) is 5.75 Å². The van der Waals surface area contributed by atoms with E-state index in [4.69, 9.17) is 28.9 Å². The van der Waals surface area contributed by atoms with Crippen LogP contribution in [0.1, 0.15) is 10.4 Å². The number of nitrogen functional groups attached to an aromatic ring is 1. The van der Waals surface area contributed by atoms with Gasteiger partial charge in [0.1, 0.15) is 0 Å². The minimum absolute atomic E-state index is 0.0652. The number of phenols is 1. The summed E-state index contributed by atoms with van der Waals surface area (Å²) in [6.07, 6.45) is 0. The van der Waals surface area contributed by atoms with Crippen LogP contribution in [0.4, 0.5) is 11.4 Å². The van der Waals surface area contributed by atoms with Crippen LogP contribution in [0.3, 0.4) is 0 Å². The lowest BCUT2D eigenvalue weighted by atomic mass is 10.2. The highest BCUT2D eigenvalue weighted by molar-refractivity contribution is 6.37. The molecule has 0 bridgehead atoms. The molecule has 0 spiro atoms. The number of hydrogen-bond acceptors (Lipinski definition) is 3. The van der Waals surface area contributed by atoms with Crippen molar-refractivity contribution >= 4 is 40.5 Å². The highest BCUT2D eigenvalue weighted by Gasteiger charge is 2.10. The Labute approximate surface area is 119 Å². The van der Waals surface area contributed by atoms with Crippen LogP contribution in [0.2, 0.25) is 10.0 Å². The van der Waals surface area contributed by atoms with Crippen LogP contribution >= 0.6 is 23.2 Å². The summed E-state index contributed by atoms with van der Waals surface area (Å²) >= 11 is 11.5.